The maximum atomic E-state index is 10.9. The Labute approximate surface area is 124 Å². The number of carboxylic acid groups (broad SMARTS) is 2. The van der Waals surface area contributed by atoms with E-state index in [4.69, 9.17) is 10.2 Å². The Balaban J connectivity index is 2.27. The van der Waals surface area contributed by atoms with Crippen molar-refractivity contribution < 1.29 is 29.9 Å². The topological polar surface area (TPSA) is 146 Å². The summed E-state index contributed by atoms with van der Waals surface area (Å²) in [6.07, 6.45) is 1.12. The van der Waals surface area contributed by atoms with Crippen molar-refractivity contribution in [3.05, 3.63) is 47.3 Å². The zero-order valence-corrected chi connectivity index (χ0v) is 11.2. The summed E-state index contributed by atoms with van der Waals surface area (Å²) in [5.41, 5.74) is 0.267. The average Bonchev–Trinajstić information content (AvgIpc) is 2.94. The van der Waals surface area contributed by atoms with Gasteiger partial charge in [0.15, 0.2) is 5.69 Å². The van der Waals surface area contributed by atoms with Crippen LogP contribution in [0.5, 0.6) is 0 Å². The minimum absolute atomic E-state index is 0.0429. The van der Waals surface area contributed by atoms with Crippen molar-refractivity contribution >= 4 is 19.1 Å². The van der Waals surface area contributed by atoms with Gasteiger partial charge >= 0.3 is 19.1 Å². The highest BCUT2D eigenvalue weighted by Gasteiger charge is 2.28. The van der Waals surface area contributed by atoms with Crippen LogP contribution in [0.4, 0.5) is 0 Å². The molecule has 0 fully saturated rings. The second-order valence-electron chi connectivity index (χ2n) is 4.58. The van der Waals surface area contributed by atoms with Crippen LogP contribution in [0.25, 0.3) is 0 Å². The zero-order valence-electron chi connectivity index (χ0n) is 11.2. The molecule has 114 valence electrons. The molecule has 1 unspecified atom stereocenters. The van der Waals surface area contributed by atoms with Crippen LogP contribution in [-0.2, 0) is 6.42 Å². The standard InChI is InChI=1S/C12H12BN3O6/c17-11(18)8-3-1-2-7(4-8)5-10(13(21)22)16-6-9(12(19)20)14-15-16/h1-4,6,10,21-22H,5H2,(H,17,18)(H,19,20). The minimum Gasteiger partial charge on any atom is -0.478 e. The Morgan fingerprint density at radius 1 is 1.23 bits per heavy atom. The predicted octanol–water partition coefficient (Wildman–Crippen LogP) is -0.530. The molecule has 0 saturated heterocycles. The number of hydrogen-bond donors (Lipinski definition) is 4. The van der Waals surface area contributed by atoms with Gasteiger partial charge in [0.25, 0.3) is 0 Å². The molecule has 1 heterocycles. The molecule has 2 rings (SSSR count). The van der Waals surface area contributed by atoms with Crippen molar-refractivity contribution in [1.29, 1.82) is 0 Å². The van der Waals surface area contributed by atoms with Crippen LogP contribution in [0, 0.1) is 0 Å². The first-order valence-electron chi connectivity index (χ1n) is 6.22. The fraction of sp³-hybridized carbons (Fsp3) is 0.167. The molecule has 0 radical (unpaired) electrons. The molecule has 10 heteroatoms. The van der Waals surface area contributed by atoms with Crippen LogP contribution >= 0.6 is 0 Å². The Kier molecular flexibility index (Phi) is 4.54. The van der Waals surface area contributed by atoms with E-state index in [0.29, 0.717) is 5.56 Å². The first-order chi connectivity index (χ1) is 10.4. The van der Waals surface area contributed by atoms with E-state index in [1.54, 1.807) is 6.07 Å². The largest absolute Gasteiger partial charge is 0.478 e. The first-order valence-corrected chi connectivity index (χ1v) is 6.22. The number of hydrogen-bond acceptors (Lipinski definition) is 6. The van der Waals surface area contributed by atoms with E-state index in [2.05, 4.69) is 10.3 Å². The lowest BCUT2D eigenvalue weighted by atomic mass is 9.76. The maximum absolute atomic E-state index is 10.9. The fourth-order valence-electron chi connectivity index (χ4n) is 1.95. The van der Waals surface area contributed by atoms with E-state index in [0.717, 1.165) is 10.9 Å². The minimum atomic E-state index is -1.82. The molecule has 22 heavy (non-hydrogen) atoms. The van der Waals surface area contributed by atoms with Crippen molar-refractivity contribution in [2.24, 2.45) is 0 Å². The summed E-state index contributed by atoms with van der Waals surface area (Å²) in [4.78, 5) is 21.7. The zero-order chi connectivity index (χ0) is 16.3. The Bertz CT molecular complexity index is 702. The normalized spacial score (nSPS) is 11.9. The van der Waals surface area contributed by atoms with Gasteiger partial charge in [0.05, 0.1) is 17.7 Å². The molecule has 2 aromatic rings. The molecule has 1 atom stereocenters. The van der Waals surface area contributed by atoms with Gasteiger partial charge < -0.3 is 20.3 Å². The third kappa shape index (κ3) is 3.48. The molecular weight excluding hydrogens is 293 g/mol. The van der Waals surface area contributed by atoms with E-state index in [9.17, 15) is 19.6 Å². The molecule has 1 aromatic heterocycles. The number of aromatic nitrogens is 3. The van der Waals surface area contributed by atoms with Gasteiger partial charge in [-0.3, -0.25) is 4.68 Å². The summed E-state index contributed by atoms with van der Waals surface area (Å²) < 4.78 is 1.03. The Morgan fingerprint density at radius 3 is 2.50 bits per heavy atom. The lowest BCUT2D eigenvalue weighted by molar-refractivity contribution is 0.0682. The number of carboxylic acids is 2. The molecule has 9 nitrogen and oxygen atoms in total. The van der Waals surface area contributed by atoms with Crippen molar-refractivity contribution in [2.75, 3.05) is 0 Å². The molecule has 0 bridgehead atoms. The molecule has 0 aliphatic heterocycles. The number of nitrogens with zero attached hydrogens (tertiary/aromatic N) is 3. The maximum Gasteiger partial charge on any atom is 0.478 e. The van der Waals surface area contributed by atoms with Crippen LogP contribution in [0.1, 0.15) is 32.4 Å². The quantitative estimate of drug-likeness (QED) is 0.521. The highest BCUT2D eigenvalue weighted by molar-refractivity contribution is 6.42. The summed E-state index contributed by atoms with van der Waals surface area (Å²) in [6.45, 7) is 0. The van der Waals surface area contributed by atoms with Crippen molar-refractivity contribution in [3.63, 3.8) is 0 Å². The van der Waals surface area contributed by atoms with E-state index in [1.165, 1.54) is 18.2 Å². The summed E-state index contributed by atoms with van der Waals surface area (Å²) in [5.74, 6) is -3.38. The molecule has 0 aliphatic rings. The van der Waals surface area contributed by atoms with Crippen LogP contribution in [0.2, 0.25) is 0 Å². The number of aromatic carboxylic acids is 2. The summed E-state index contributed by atoms with van der Waals surface area (Å²) in [7, 11) is -1.82. The summed E-state index contributed by atoms with van der Waals surface area (Å²) >= 11 is 0. The van der Waals surface area contributed by atoms with Crippen molar-refractivity contribution in [2.45, 2.75) is 12.4 Å². The molecule has 0 amide bonds. The Hall–Kier alpha value is -2.72. The van der Waals surface area contributed by atoms with Gasteiger partial charge in [-0.15, -0.1) is 5.10 Å². The number of carbonyl (C=O) groups is 2. The van der Waals surface area contributed by atoms with E-state index in [1.807, 2.05) is 0 Å². The van der Waals surface area contributed by atoms with Crippen molar-refractivity contribution in [1.82, 2.24) is 15.0 Å². The van der Waals surface area contributed by atoms with Gasteiger partial charge in [-0.25, -0.2) is 9.59 Å². The average molecular weight is 305 g/mol. The molecular formula is C12H12BN3O6. The molecule has 4 N–H and O–H groups in total. The Morgan fingerprint density at radius 2 is 1.95 bits per heavy atom. The third-order valence-electron chi connectivity index (χ3n) is 3.03. The number of benzene rings is 1. The SMILES string of the molecule is O=C(O)c1cccc(CC(B(O)O)n2cc(C(=O)O)nn2)c1. The predicted molar refractivity (Wildman–Crippen MR) is 73.3 cm³/mol. The third-order valence-corrected chi connectivity index (χ3v) is 3.03. The molecule has 0 aliphatic carbocycles. The lowest BCUT2D eigenvalue weighted by Crippen LogP contribution is -2.31. The second-order valence-corrected chi connectivity index (χ2v) is 4.58. The molecule has 0 saturated carbocycles. The van der Waals surface area contributed by atoms with Crippen LogP contribution in [0.3, 0.4) is 0 Å². The van der Waals surface area contributed by atoms with Gasteiger partial charge in [-0.05, 0) is 24.1 Å². The first kappa shape index (κ1) is 15.7. The monoisotopic (exact) mass is 305 g/mol. The van der Waals surface area contributed by atoms with E-state index >= 15 is 0 Å². The summed E-state index contributed by atoms with van der Waals surface area (Å²) in [5, 5.41) is 43.6. The van der Waals surface area contributed by atoms with Gasteiger partial charge in [-0.2, -0.15) is 0 Å². The number of rotatable bonds is 6. The van der Waals surface area contributed by atoms with Crippen LogP contribution in [-0.4, -0.2) is 54.3 Å². The van der Waals surface area contributed by atoms with Crippen LogP contribution in [0.15, 0.2) is 30.5 Å². The van der Waals surface area contributed by atoms with Gasteiger partial charge in [0.1, 0.15) is 0 Å². The lowest BCUT2D eigenvalue weighted by Gasteiger charge is -2.15. The summed E-state index contributed by atoms with van der Waals surface area (Å²) in [6, 6.07) is 5.96. The van der Waals surface area contributed by atoms with E-state index in [-0.39, 0.29) is 17.7 Å². The smallest absolute Gasteiger partial charge is 0.478 e. The fourth-order valence-corrected chi connectivity index (χ4v) is 1.95. The van der Waals surface area contributed by atoms with Gasteiger partial charge in [0.2, 0.25) is 0 Å². The second kappa shape index (κ2) is 6.37. The van der Waals surface area contributed by atoms with E-state index < -0.39 is 25.0 Å². The van der Waals surface area contributed by atoms with Gasteiger partial charge in [0, 0.05) is 0 Å². The highest BCUT2D eigenvalue weighted by atomic mass is 16.4. The van der Waals surface area contributed by atoms with Crippen molar-refractivity contribution in [3.8, 4) is 0 Å². The highest BCUT2D eigenvalue weighted by Crippen LogP contribution is 2.16. The van der Waals surface area contributed by atoms with Crippen LogP contribution < -0.4 is 0 Å². The van der Waals surface area contributed by atoms with Gasteiger partial charge in [-0.1, -0.05) is 17.3 Å². The molecule has 0 spiro atoms. The molecule has 1 aromatic carbocycles.